The minimum atomic E-state index is 0.000647. The van der Waals surface area contributed by atoms with Crippen LogP contribution in [-0.4, -0.2) is 44.1 Å². The number of benzene rings is 1. The van der Waals surface area contributed by atoms with Crippen molar-refractivity contribution in [2.45, 2.75) is 12.8 Å². The maximum absolute atomic E-state index is 12.1. The summed E-state index contributed by atoms with van der Waals surface area (Å²) in [6, 6.07) is 7.44. The predicted octanol–water partition coefficient (Wildman–Crippen LogP) is 1.30. The zero-order valence-corrected chi connectivity index (χ0v) is 12.0. The molecule has 0 aromatic heterocycles. The van der Waals surface area contributed by atoms with E-state index in [-0.39, 0.29) is 5.91 Å². The van der Waals surface area contributed by atoms with Gasteiger partial charge in [-0.15, -0.1) is 0 Å². The molecule has 5 heteroatoms. The van der Waals surface area contributed by atoms with Crippen molar-refractivity contribution >= 4 is 11.6 Å². The van der Waals surface area contributed by atoms with Gasteiger partial charge in [-0.05, 0) is 50.5 Å². The van der Waals surface area contributed by atoms with Crippen LogP contribution in [0.15, 0.2) is 24.3 Å². The lowest BCUT2D eigenvalue weighted by Crippen LogP contribution is -2.40. The van der Waals surface area contributed by atoms with Crippen molar-refractivity contribution in [3.05, 3.63) is 24.3 Å². The van der Waals surface area contributed by atoms with E-state index in [9.17, 15) is 4.79 Å². The molecule has 2 rings (SSSR count). The number of para-hydroxylation sites is 2. The number of methoxy groups -OCH3 is 1. The molecule has 1 aliphatic heterocycles. The van der Waals surface area contributed by atoms with Gasteiger partial charge in [0.25, 0.3) is 0 Å². The number of anilines is 1. The number of likely N-dealkylation sites (tertiary alicyclic amines) is 1. The second-order valence-corrected chi connectivity index (χ2v) is 5.20. The van der Waals surface area contributed by atoms with Crippen LogP contribution in [0, 0.1) is 5.92 Å². The van der Waals surface area contributed by atoms with Crippen LogP contribution < -0.4 is 15.8 Å². The summed E-state index contributed by atoms with van der Waals surface area (Å²) in [7, 11) is 1.60. The Morgan fingerprint density at radius 1 is 1.40 bits per heavy atom. The summed E-state index contributed by atoms with van der Waals surface area (Å²) in [5, 5.41) is 2.90. The highest BCUT2D eigenvalue weighted by Crippen LogP contribution is 2.23. The Kier molecular flexibility index (Phi) is 5.38. The van der Waals surface area contributed by atoms with E-state index in [1.165, 1.54) is 0 Å². The lowest BCUT2D eigenvalue weighted by Gasteiger charge is -2.30. The molecular formula is C15H23N3O2. The molecule has 0 saturated carbocycles. The van der Waals surface area contributed by atoms with Crippen LogP contribution in [-0.2, 0) is 4.79 Å². The topological polar surface area (TPSA) is 67.6 Å². The van der Waals surface area contributed by atoms with Gasteiger partial charge in [0.15, 0.2) is 0 Å². The van der Waals surface area contributed by atoms with E-state index in [1.807, 2.05) is 24.3 Å². The number of nitrogens with zero attached hydrogens (tertiary/aromatic N) is 1. The van der Waals surface area contributed by atoms with Gasteiger partial charge < -0.3 is 15.8 Å². The van der Waals surface area contributed by atoms with Gasteiger partial charge in [-0.2, -0.15) is 0 Å². The lowest BCUT2D eigenvalue weighted by molar-refractivity contribution is -0.117. The second kappa shape index (κ2) is 7.26. The van der Waals surface area contributed by atoms with Crippen molar-refractivity contribution in [2.24, 2.45) is 11.7 Å². The van der Waals surface area contributed by atoms with E-state index in [2.05, 4.69) is 10.2 Å². The van der Waals surface area contributed by atoms with Crippen LogP contribution in [0.5, 0.6) is 5.75 Å². The van der Waals surface area contributed by atoms with E-state index >= 15 is 0 Å². The molecule has 0 unspecified atom stereocenters. The van der Waals surface area contributed by atoms with Crippen molar-refractivity contribution in [3.63, 3.8) is 0 Å². The first kappa shape index (κ1) is 14.8. The third kappa shape index (κ3) is 3.95. The highest BCUT2D eigenvalue weighted by atomic mass is 16.5. The van der Waals surface area contributed by atoms with Crippen molar-refractivity contribution in [1.29, 1.82) is 0 Å². The normalized spacial score (nSPS) is 16.9. The summed E-state index contributed by atoms with van der Waals surface area (Å²) in [6.07, 6.45) is 2.16. The van der Waals surface area contributed by atoms with E-state index in [0.29, 0.717) is 18.2 Å². The highest BCUT2D eigenvalue weighted by Gasteiger charge is 2.20. The maximum atomic E-state index is 12.1. The average molecular weight is 277 g/mol. The molecule has 5 nitrogen and oxygen atoms in total. The predicted molar refractivity (Wildman–Crippen MR) is 79.8 cm³/mol. The molecule has 0 atom stereocenters. The summed E-state index contributed by atoms with van der Waals surface area (Å²) in [5.74, 6) is 1.30. The van der Waals surface area contributed by atoms with Gasteiger partial charge in [-0.1, -0.05) is 12.1 Å². The van der Waals surface area contributed by atoms with Crippen LogP contribution in [0.4, 0.5) is 5.69 Å². The SMILES string of the molecule is COc1ccccc1NC(=O)CN1CCC(CN)CC1. The fourth-order valence-electron chi connectivity index (χ4n) is 2.52. The second-order valence-electron chi connectivity index (χ2n) is 5.20. The Bertz CT molecular complexity index is 442. The fraction of sp³-hybridized carbons (Fsp3) is 0.533. The van der Waals surface area contributed by atoms with Crippen molar-refractivity contribution in [3.8, 4) is 5.75 Å². The number of nitrogens with one attached hydrogen (secondary N) is 1. The Labute approximate surface area is 120 Å². The Balaban J connectivity index is 1.84. The largest absolute Gasteiger partial charge is 0.495 e. The van der Waals surface area contributed by atoms with Crippen LogP contribution in [0.1, 0.15) is 12.8 Å². The number of nitrogens with two attached hydrogens (primary N) is 1. The summed E-state index contributed by atoms with van der Waals surface area (Å²) in [4.78, 5) is 14.2. The van der Waals surface area contributed by atoms with Crippen LogP contribution in [0.2, 0.25) is 0 Å². The smallest absolute Gasteiger partial charge is 0.238 e. The first-order chi connectivity index (χ1) is 9.72. The monoisotopic (exact) mass is 277 g/mol. The van der Waals surface area contributed by atoms with Gasteiger partial charge in [0, 0.05) is 0 Å². The molecule has 1 saturated heterocycles. The molecule has 0 bridgehead atoms. The van der Waals surface area contributed by atoms with Gasteiger partial charge >= 0.3 is 0 Å². The lowest BCUT2D eigenvalue weighted by atomic mass is 9.97. The number of amides is 1. The summed E-state index contributed by atoms with van der Waals surface area (Å²) in [6.45, 7) is 3.07. The Morgan fingerprint density at radius 3 is 2.75 bits per heavy atom. The van der Waals surface area contributed by atoms with Crippen LogP contribution in [0.3, 0.4) is 0 Å². The minimum Gasteiger partial charge on any atom is -0.495 e. The molecule has 3 N–H and O–H groups in total. The van der Waals surface area contributed by atoms with Gasteiger partial charge in [0.2, 0.25) is 5.91 Å². The average Bonchev–Trinajstić information content (AvgIpc) is 2.48. The zero-order valence-electron chi connectivity index (χ0n) is 12.0. The van der Waals surface area contributed by atoms with Gasteiger partial charge in [0.05, 0.1) is 19.3 Å². The first-order valence-corrected chi connectivity index (χ1v) is 7.08. The number of piperidine rings is 1. The first-order valence-electron chi connectivity index (χ1n) is 7.08. The van der Waals surface area contributed by atoms with Gasteiger partial charge in [0.1, 0.15) is 5.75 Å². The number of hydrogen-bond acceptors (Lipinski definition) is 4. The molecular weight excluding hydrogens is 254 g/mol. The molecule has 0 aliphatic carbocycles. The Morgan fingerprint density at radius 2 is 2.10 bits per heavy atom. The van der Waals surface area contributed by atoms with Crippen LogP contribution in [0.25, 0.3) is 0 Å². The van der Waals surface area contributed by atoms with Gasteiger partial charge in [-0.3, -0.25) is 9.69 Å². The number of carbonyl (C=O) groups excluding carboxylic acids is 1. The standard InChI is InChI=1S/C15H23N3O2/c1-20-14-5-3-2-4-13(14)17-15(19)11-18-8-6-12(10-16)7-9-18/h2-5,12H,6-11,16H2,1H3,(H,17,19). The molecule has 1 fully saturated rings. The third-order valence-electron chi connectivity index (χ3n) is 3.79. The fourth-order valence-corrected chi connectivity index (χ4v) is 2.52. The molecule has 0 spiro atoms. The molecule has 0 radical (unpaired) electrons. The van der Waals surface area contributed by atoms with Gasteiger partial charge in [-0.25, -0.2) is 0 Å². The minimum absolute atomic E-state index is 0.000647. The third-order valence-corrected chi connectivity index (χ3v) is 3.79. The quantitative estimate of drug-likeness (QED) is 0.851. The van der Waals surface area contributed by atoms with Crippen molar-refractivity contribution in [1.82, 2.24) is 4.90 Å². The Hall–Kier alpha value is -1.59. The number of rotatable bonds is 5. The molecule has 1 amide bonds. The summed E-state index contributed by atoms with van der Waals surface area (Å²) in [5.41, 5.74) is 6.39. The summed E-state index contributed by atoms with van der Waals surface area (Å²) >= 11 is 0. The maximum Gasteiger partial charge on any atom is 0.238 e. The molecule has 20 heavy (non-hydrogen) atoms. The molecule has 110 valence electrons. The number of carbonyl (C=O) groups is 1. The molecule has 1 aromatic rings. The van der Waals surface area contributed by atoms with Crippen molar-refractivity contribution in [2.75, 3.05) is 38.6 Å². The van der Waals surface area contributed by atoms with Crippen LogP contribution >= 0.6 is 0 Å². The highest BCUT2D eigenvalue weighted by molar-refractivity contribution is 5.93. The zero-order chi connectivity index (χ0) is 14.4. The molecule has 1 heterocycles. The number of ether oxygens (including phenoxy) is 1. The molecule has 1 aliphatic rings. The molecule has 1 aromatic carbocycles. The van der Waals surface area contributed by atoms with Crippen molar-refractivity contribution < 1.29 is 9.53 Å². The van der Waals surface area contributed by atoms with E-state index in [0.717, 1.165) is 38.2 Å². The van der Waals surface area contributed by atoms with E-state index < -0.39 is 0 Å². The van der Waals surface area contributed by atoms with E-state index in [1.54, 1.807) is 7.11 Å². The van der Waals surface area contributed by atoms with E-state index in [4.69, 9.17) is 10.5 Å². The summed E-state index contributed by atoms with van der Waals surface area (Å²) < 4.78 is 5.22. The number of hydrogen-bond donors (Lipinski definition) is 2.